The van der Waals surface area contributed by atoms with Crippen LogP contribution in [0.1, 0.15) is 27.9 Å². The third-order valence-corrected chi connectivity index (χ3v) is 6.45. The van der Waals surface area contributed by atoms with E-state index in [2.05, 4.69) is 26.8 Å². The fourth-order valence-electron chi connectivity index (χ4n) is 4.64. The molecule has 1 saturated heterocycles. The first-order valence-corrected chi connectivity index (χ1v) is 10.8. The standard InChI is InChI=1S/C23H21ClF3N3O2/c24-20-11-18(29-9-8-28-7-1-2-17(28)14-29)10-16-13-30(22(31)21(16)20)12-15-3-5-19(6-4-15)32-23(25,26)27/h1,3-7,10-11,17H,2,8-9,12-14H2. The number of piperazine rings is 1. The van der Waals surface area contributed by atoms with E-state index in [1.807, 2.05) is 12.1 Å². The maximum atomic E-state index is 13.0. The molecule has 0 aliphatic carbocycles. The highest BCUT2D eigenvalue weighted by molar-refractivity contribution is 6.34. The second kappa shape index (κ2) is 7.92. The molecule has 3 aliphatic rings. The van der Waals surface area contributed by atoms with Crippen LogP contribution in [-0.2, 0) is 13.1 Å². The molecule has 168 valence electrons. The second-order valence-corrected chi connectivity index (χ2v) is 8.68. The highest BCUT2D eigenvalue weighted by atomic mass is 35.5. The number of benzene rings is 2. The first-order valence-electron chi connectivity index (χ1n) is 10.4. The van der Waals surface area contributed by atoms with E-state index in [9.17, 15) is 18.0 Å². The summed E-state index contributed by atoms with van der Waals surface area (Å²) < 4.78 is 40.9. The second-order valence-electron chi connectivity index (χ2n) is 8.27. The molecule has 2 aromatic carbocycles. The smallest absolute Gasteiger partial charge is 0.406 e. The molecule has 0 saturated carbocycles. The third-order valence-electron chi connectivity index (χ3n) is 6.15. The van der Waals surface area contributed by atoms with Crippen LogP contribution in [0.25, 0.3) is 0 Å². The zero-order valence-electron chi connectivity index (χ0n) is 17.1. The Labute approximate surface area is 188 Å². The van der Waals surface area contributed by atoms with Gasteiger partial charge in [0, 0.05) is 44.5 Å². The van der Waals surface area contributed by atoms with Gasteiger partial charge in [-0.3, -0.25) is 4.79 Å². The van der Waals surface area contributed by atoms with E-state index in [4.69, 9.17) is 11.6 Å². The number of halogens is 4. The Morgan fingerprint density at radius 3 is 2.66 bits per heavy atom. The maximum absolute atomic E-state index is 13.0. The van der Waals surface area contributed by atoms with Crippen molar-refractivity contribution in [3.8, 4) is 5.75 Å². The van der Waals surface area contributed by atoms with Gasteiger partial charge >= 0.3 is 6.36 Å². The van der Waals surface area contributed by atoms with Crippen LogP contribution in [-0.4, -0.2) is 47.7 Å². The molecule has 0 radical (unpaired) electrons. The molecule has 1 amide bonds. The molecule has 0 bridgehead atoms. The van der Waals surface area contributed by atoms with Crippen molar-refractivity contribution < 1.29 is 22.7 Å². The topological polar surface area (TPSA) is 36.0 Å². The monoisotopic (exact) mass is 463 g/mol. The van der Waals surface area contributed by atoms with Gasteiger partial charge in [-0.05, 0) is 48.0 Å². The maximum Gasteiger partial charge on any atom is 0.573 e. The van der Waals surface area contributed by atoms with Gasteiger partial charge in [-0.25, -0.2) is 0 Å². The summed E-state index contributed by atoms with van der Waals surface area (Å²) in [7, 11) is 0. The molecule has 0 N–H and O–H groups in total. The van der Waals surface area contributed by atoms with E-state index >= 15 is 0 Å². The number of fused-ring (bicyclic) bond motifs is 2. The van der Waals surface area contributed by atoms with Crippen LogP contribution in [0, 0.1) is 0 Å². The Morgan fingerprint density at radius 1 is 1.12 bits per heavy atom. The minimum atomic E-state index is -4.73. The van der Waals surface area contributed by atoms with Crippen LogP contribution < -0.4 is 9.64 Å². The molecule has 9 heteroatoms. The van der Waals surface area contributed by atoms with Crippen molar-refractivity contribution in [3.63, 3.8) is 0 Å². The number of amides is 1. The molecule has 5 rings (SSSR count). The minimum Gasteiger partial charge on any atom is -0.406 e. The number of anilines is 1. The molecule has 3 aliphatic heterocycles. The molecule has 2 aromatic rings. The Kier molecular flexibility index (Phi) is 5.20. The average Bonchev–Trinajstić information content (AvgIpc) is 3.32. The van der Waals surface area contributed by atoms with Crippen LogP contribution in [0.5, 0.6) is 5.75 Å². The van der Waals surface area contributed by atoms with E-state index in [-0.39, 0.29) is 18.2 Å². The van der Waals surface area contributed by atoms with Crippen molar-refractivity contribution in [1.29, 1.82) is 0 Å². The van der Waals surface area contributed by atoms with Crippen LogP contribution >= 0.6 is 11.6 Å². The molecular weight excluding hydrogens is 443 g/mol. The van der Waals surface area contributed by atoms with Gasteiger partial charge in [0.15, 0.2) is 0 Å². The average molecular weight is 464 g/mol. The Bertz CT molecular complexity index is 1070. The predicted octanol–water partition coefficient (Wildman–Crippen LogP) is 4.80. The number of rotatable bonds is 4. The number of carbonyl (C=O) groups excluding carboxylic acids is 1. The molecule has 1 atom stereocenters. The van der Waals surface area contributed by atoms with Crippen molar-refractivity contribution in [1.82, 2.24) is 9.80 Å². The Balaban J connectivity index is 1.30. The molecule has 0 spiro atoms. The number of hydrogen-bond acceptors (Lipinski definition) is 4. The van der Waals surface area contributed by atoms with Gasteiger partial charge in [0.05, 0.1) is 10.6 Å². The summed E-state index contributed by atoms with van der Waals surface area (Å²) >= 11 is 6.53. The first-order chi connectivity index (χ1) is 15.3. The fourth-order valence-corrected chi connectivity index (χ4v) is 4.95. The van der Waals surface area contributed by atoms with Gasteiger partial charge in [-0.2, -0.15) is 0 Å². The lowest BCUT2D eigenvalue weighted by Gasteiger charge is -2.39. The number of alkyl halides is 3. The molecule has 0 aromatic heterocycles. The third kappa shape index (κ3) is 4.11. The van der Waals surface area contributed by atoms with Crippen molar-refractivity contribution in [3.05, 3.63) is 70.4 Å². The summed E-state index contributed by atoms with van der Waals surface area (Å²) in [4.78, 5) is 19.3. The van der Waals surface area contributed by atoms with Gasteiger partial charge in [-0.15, -0.1) is 13.2 Å². The van der Waals surface area contributed by atoms with Crippen molar-refractivity contribution in [2.24, 2.45) is 0 Å². The van der Waals surface area contributed by atoms with Crippen LogP contribution in [0.3, 0.4) is 0 Å². The lowest BCUT2D eigenvalue weighted by molar-refractivity contribution is -0.274. The number of nitrogens with zero attached hydrogens (tertiary/aromatic N) is 3. The molecule has 3 heterocycles. The zero-order valence-corrected chi connectivity index (χ0v) is 17.9. The molecule has 32 heavy (non-hydrogen) atoms. The van der Waals surface area contributed by atoms with E-state index < -0.39 is 6.36 Å². The van der Waals surface area contributed by atoms with Crippen LogP contribution in [0.4, 0.5) is 18.9 Å². The summed E-state index contributed by atoms with van der Waals surface area (Å²) in [5.41, 5.74) is 3.11. The summed E-state index contributed by atoms with van der Waals surface area (Å²) in [6.45, 7) is 3.44. The first kappa shape index (κ1) is 21.0. The van der Waals surface area contributed by atoms with Crippen molar-refractivity contribution in [2.75, 3.05) is 24.5 Å². The normalized spacial score (nSPS) is 20.1. The lowest BCUT2D eigenvalue weighted by Crippen LogP contribution is -2.49. The van der Waals surface area contributed by atoms with Crippen LogP contribution in [0.2, 0.25) is 5.02 Å². The molecular formula is C23H21ClF3N3O2. The largest absolute Gasteiger partial charge is 0.573 e. The predicted molar refractivity (Wildman–Crippen MR) is 115 cm³/mol. The molecule has 1 fully saturated rings. The molecule has 1 unspecified atom stereocenters. The van der Waals surface area contributed by atoms with E-state index in [0.29, 0.717) is 28.7 Å². The summed E-state index contributed by atoms with van der Waals surface area (Å²) in [5, 5.41) is 0.436. The van der Waals surface area contributed by atoms with E-state index in [1.54, 1.807) is 4.90 Å². The zero-order chi connectivity index (χ0) is 22.5. The summed E-state index contributed by atoms with van der Waals surface area (Å²) in [5.74, 6) is -0.459. The number of carbonyl (C=O) groups is 1. The Morgan fingerprint density at radius 2 is 1.91 bits per heavy atom. The van der Waals surface area contributed by atoms with Gasteiger partial charge in [0.25, 0.3) is 5.91 Å². The highest BCUT2D eigenvalue weighted by Gasteiger charge is 2.33. The number of hydrogen-bond donors (Lipinski definition) is 0. The molecule has 5 nitrogen and oxygen atoms in total. The SMILES string of the molecule is O=C1c2c(Cl)cc(N3CCN4C=CCC4C3)cc2CN1Cc1ccc(OC(F)(F)F)cc1. The summed E-state index contributed by atoms with van der Waals surface area (Å²) in [6.07, 6.45) is 0.663. The van der Waals surface area contributed by atoms with Gasteiger partial charge in [0.2, 0.25) is 0 Å². The van der Waals surface area contributed by atoms with Crippen molar-refractivity contribution >= 4 is 23.2 Å². The number of ether oxygens (including phenoxy) is 1. The van der Waals surface area contributed by atoms with Crippen molar-refractivity contribution in [2.45, 2.75) is 31.9 Å². The minimum absolute atomic E-state index is 0.169. The van der Waals surface area contributed by atoms with E-state index in [1.165, 1.54) is 24.3 Å². The Hall–Kier alpha value is -2.87. The van der Waals surface area contributed by atoms with Gasteiger partial charge in [0.1, 0.15) is 5.75 Å². The van der Waals surface area contributed by atoms with E-state index in [0.717, 1.165) is 37.3 Å². The van der Waals surface area contributed by atoms with Gasteiger partial charge < -0.3 is 19.4 Å². The fraction of sp³-hybridized carbons (Fsp3) is 0.348. The highest BCUT2D eigenvalue weighted by Crippen LogP contribution is 2.36. The lowest BCUT2D eigenvalue weighted by atomic mass is 10.1. The quantitative estimate of drug-likeness (QED) is 0.652. The van der Waals surface area contributed by atoms with Crippen LogP contribution in [0.15, 0.2) is 48.7 Å². The summed E-state index contributed by atoms with van der Waals surface area (Å²) in [6, 6.07) is 9.93. The van der Waals surface area contributed by atoms with Gasteiger partial charge in [-0.1, -0.05) is 29.8 Å².